The molecule has 0 saturated carbocycles. The van der Waals surface area contributed by atoms with Gasteiger partial charge in [-0.25, -0.2) is 4.98 Å². The summed E-state index contributed by atoms with van der Waals surface area (Å²) in [5.74, 6) is 0.396. The van der Waals surface area contributed by atoms with Crippen LogP contribution in [0.2, 0.25) is 0 Å². The number of thiazole rings is 1. The SMILES string of the molecule is COCCCNC(=O)CSc1nc2ccc(N)cc2s1. The van der Waals surface area contributed by atoms with E-state index in [-0.39, 0.29) is 5.91 Å². The molecule has 1 aromatic carbocycles. The van der Waals surface area contributed by atoms with E-state index in [9.17, 15) is 4.79 Å². The molecule has 1 amide bonds. The second-order valence-electron chi connectivity index (χ2n) is 4.19. The van der Waals surface area contributed by atoms with Crippen LogP contribution in [0.1, 0.15) is 6.42 Å². The van der Waals surface area contributed by atoms with E-state index in [1.165, 1.54) is 11.8 Å². The lowest BCUT2D eigenvalue weighted by atomic mass is 10.3. The Labute approximate surface area is 125 Å². The Morgan fingerprint density at radius 1 is 1.55 bits per heavy atom. The molecule has 0 saturated heterocycles. The van der Waals surface area contributed by atoms with Crippen LogP contribution in [-0.4, -0.2) is 36.9 Å². The van der Waals surface area contributed by atoms with Gasteiger partial charge in [0.1, 0.15) is 0 Å². The van der Waals surface area contributed by atoms with Crippen LogP contribution in [0.5, 0.6) is 0 Å². The number of hydrogen-bond acceptors (Lipinski definition) is 6. The number of carbonyl (C=O) groups excluding carboxylic acids is 1. The number of carbonyl (C=O) groups is 1. The van der Waals surface area contributed by atoms with Gasteiger partial charge in [0.15, 0.2) is 4.34 Å². The standard InChI is InChI=1S/C13H17N3O2S2/c1-18-6-2-5-15-12(17)8-19-13-16-10-4-3-9(14)7-11(10)20-13/h3-4,7H,2,5-6,8,14H2,1H3,(H,15,17). The lowest BCUT2D eigenvalue weighted by Crippen LogP contribution is -2.26. The fourth-order valence-electron chi connectivity index (χ4n) is 1.60. The highest BCUT2D eigenvalue weighted by atomic mass is 32.2. The first-order valence-corrected chi connectivity index (χ1v) is 8.04. The topological polar surface area (TPSA) is 77.2 Å². The van der Waals surface area contributed by atoms with Crippen molar-refractivity contribution in [1.29, 1.82) is 0 Å². The number of benzene rings is 1. The van der Waals surface area contributed by atoms with Crippen molar-refractivity contribution in [2.45, 2.75) is 10.8 Å². The van der Waals surface area contributed by atoms with E-state index in [2.05, 4.69) is 10.3 Å². The number of thioether (sulfide) groups is 1. The predicted molar refractivity (Wildman–Crippen MR) is 84.3 cm³/mol. The maximum atomic E-state index is 11.6. The molecule has 0 aliphatic heterocycles. The highest BCUT2D eigenvalue weighted by molar-refractivity contribution is 8.01. The van der Waals surface area contributed by atoms with E-state index in [1.807, 2.05) is 18.2 Å². The van der Waals surface area contributed by atoms with Crippen molar-refractivity contribution in [2.75, 3.05) is 31.7 Å². The van der Waals surface area contributed by atoms with E-state index < -0.39 is 0 Å². The number of methoxy groups -OCH3 is 1. The third-order valence-corrected chi connectivity index (χ3v) is 4.73. The molecule has 3 N–H and O–H groups in total. The number of ether oxygens (including phenoxy) is 1. The van der Waals surface area contributed by atoms with Crippen LogP contribution in [0, 0.1) is 0 Å². The normalized spacial score (nSPS) is 10.8. The maximum Gasteiger partial charge on any atom is 0.230 e. The number of hydrogen-bond donors (Lipinski definition) is 2. The first-order valence-electron chi connectivity index (χ1n) is 6.23. The molecule has 0 atom stereocenters. The summed E-state index contributed by atoms with van der Waals surface area (Å²) in [5, 5.41) is 2.85. The van der Waals surface area contributed by atoms with Gasteiger partial charge >= 0.3 is 0 Å². The van der Waals surface area contributed by atoms with E-state index in [4.69, 9.17) is 10.5 Å². The molecular weight excluding hydrogens is 294 g/mol. The minimum atomic E-state index is 0.0184. The minimum absolute atomic E-state index is 0.0184. The zero-order chi connectivity index (χ0) is 14.4. The van der Waals surface area contributed by atoms with Gasteiger partial charge in [0, 0.05) is 25.9 Å². The summed E-state index contributed by atoms with van der Waals surface area (Å²) >= 11 is 3.00. The molecule has 2 aromatic rings. The van der Waals surface area contributed by atoms with Gasteiger partial charge < -0.3 is 15.8 Å². The van der Waals surface area contributed by atoms with Gasteiger partial charge in [0.25, 0.3) is 0 Å². The first kappa shape index (κ1) is 15.1. The molecule has 0 spiro atoms. The molecular formula is C13H17N3O2S2. The van der Waals surface area contributed by atoms with Crippen LogP contribution in [0.3, 0.4) is 0 Å². The summed E-state index contributed by atoms with van der Waals surface area (Å²) in [7, 11) is 1.65. The van der Waals surface area contributed by atoms with Crippen molar-refractivity contribution in [3.63, 3.8) is 0 Å². The van der Waals surface area contributed by atoms with Crippen molar-refractivity contribution < 1.29 is 9.53 Å². The van der Waals surface area contributed by atoms with Crippen molar-refractivity contribution >= 4 is 44.9 Å². The smallest absolute Gasteiger partial charge is 0.230 e. The summed E-state index contributed by atoms with van der Waals surface area (Å²) in [4.78, 5) is 16.1. The lowest BCUT2D eigenvalue weighted by molar-refractivity contribution is -0.118. The summed E-state index contributed by atoms with van der Waals surface area (Å²) in [6.07, 6.45) is 0.827. The highest BCUT2D eigenvalue weighted by Gasteiger charge is 2.07. The van der Waals surface area contributed by atoms with Crippen molar-refractivity contribution in [1.82, 2.24) is 10.3 Å². The number of rotatable bonds is 7. The Morgan fingerprint density at radius 3 is 3.20 bits per heavy atom. The molecule has 0 unspecified atom stereocenters. The molecule has 108 valence electrons. The molecule has 0 radical (unpaired) electrons. The van der Waals surface area contributed by atoms with Crippen molar-refractivity contribution in [3.8, 4) is 0 Å². The predicted octanol–water partition coefficient (Wildman–Crippen LogP) is 2.12. The Bertz CT molecular complexity index is 586. The number of aromatic nitrogens is 1. The van der Waals surface area contributed by atoms with Crippen LogP contribution in [-0.2, 0) is 9.53 Å². The van der Waals surface area contributed by atoms with Gasteiger partial charge in [-0.1, -0.05) is 11.8 Å². The van der Waals surface area contributed by atoms with Crippen molar-refractivity contribution in [2.24, 2.45) is 0 Å². The second-order valence-corrected chi connectivity index (χ2v) is 6.45. The Balaban J connectivity index is 1.81. The number of nitrogens with one attached hydrogen (secondary N) is 1. The van der Waals surface area contributed by atoms with Crippen molar-refractivity contribution in [3.05, 3.63) is 18.2 Å². The average molecular weight is 311 g/mol. The summed E-state index contributed by atoms with van der Waals surface area (Å²) in [5.41, 5.74) is 7.39. The third kappa shape index (κ3) is 4.36. The first-order chi connectivity index (χ1) is 9.69. The van der Waals surface area contributed by atoms with Gasteiger partial charge in [0.2, 0.25) is 5.91 Å². The zero-order valence-corrected chi connectivity index (χ0v) is 12.9. The fraction of sp³-hybridized carbons (Fsp3) is 0.385. The number of nitrogens with two attached hydrogens (primary N) is 1. The van der Waals surface area contributed by atoms with Crippen LogP contribution < -0.4 is 11.1 Å². The van der Waals surface area contributed by atoms with Crippen LogP contribution in [0.15, 0.2) is 22.5 Å². The van der Waals surface area contributed by atoms with E-state index in [0.29, 0.717) is 18.9 Å². The van der Waals surface area contributed by atoms with Crippen LogP contribution in [0.25, 0.3) is 10.2 Å². The van der Waals surface area contributed by atoms with Crippen LogP contribution in [0.4, 0.5) is 5.69 Å². The van der Waals surface area contributed by atoms with Crippen LogP contribution >= 0.6 is 23.1 Å². The summed E-state index contributed by atoms with van der Waals surface area (Å²) < 4.78 is 6.86. The summed E-state index contributed by atoms with van der Waals surface area (Å²) in [6, 6.07) is 5.64. The van der Waals surface area contributed by atoms with E-state index in [0.717, 1.165) is 26.7 Å². The number of nitrogens with zero attached hydrogens (tertiary/aromatic N) is 1. The van der Waals surface area contributed by atoms with E-state index >= 15 is 0 Å². The quantitative estimate of drug-likeness (QED) is 0.465. The number of nitrogen functional groups attached to an aromatic ring is 1. The Hall–Kier alpha value is -1.31. The molecule has 0 fully saturated rings. The molecule has 20 heavy (non-hydrogen) atoms. The van der Waals surface area contributed by atoms with Gasteiger partial charge in [-0.05, 0) is 24.6 Å². The van der Waals surface area contributed by atoms with E-state index in [1.54, 1.807) is 18.4 Å². The van der Waals surface area contributed by atoms with Gasteiger partial charge in [-0.15, -0.1) is 11.3 Å². The number of anilines is 1. The minimum Gasteiger partial charge on any atom is -0.399 e. The number of fused-ring (bicyclic) bond motifs is 1. The molecule has 0 aliphatic carbocycles. The maximum absolute atomic E-state index is 11.6. The second kappa shape index (κ2) is 7.47. The molecule has 0 bridgehead atoms. The lowest BCUT2D eigenvalue weighted by Gasteiger charge is -2.03. The van der Waals surface area contributed by atoms with Gasteiger partial charge in [-0.3, -0.25) is 4.79 Å². The molecule has 7 heteroatoms. The molecule has 2 rings (SSSR count). The largest absolute Gasteiger partial charge is 0.399 e. The molecule has 1 heterocycles. The Morgan fingerprint density at radius 2 is 2.40 bits per heavy atom. The number of amides is 1. The molecule has 0 aliphatic rings. The third-order valence-electron chi connectivity index (χ3n) is 2.57. The Kier molecular flexibility index (Phi) is 5.63. The monoisotopic (exact) mass is 311 g/mol. The fourth-order valence-corrected chi connectivity index (χ4v) is 3.55. The average Bonchev–Trinajstić information content (AvgIpc) is 2.83. The highest BCUT2D eigenvalue weighted by Crippen LogP contribution is 2.30. The molecule has 5 nitrogen and oxygen atoms in total. The molecule has 1 aromatic heterocycles. The zero-order valence-electron chi connectivity index (χ0n) is 11.2. The summed E-state index contributed by atoms with van der Waals surface area (Å²) in [6.45, 7) is 1.30. The van der Waals surface area contributed by atoms with Gasteiger partial charge in [-0.2, -0.15) is 0 Å². The van der Waals surface area contributed by atoms with Gasteiger partial charge in [0.05, 0.1) is 16.0 Å².